The van der Waals surface area contributed by atoms with Crippen LogP contribution in [0.3, 0.4) is 0 Å². The summed E-state index contributed by atoms with van der Waals surface area (Å²) < 4.78 is 5.26. The Balaban J connectivity index is 2.45. The van der Waals surface area contributed by atoms with Gasteiger partial charge in [0.2, 0.25) is 0 Å². The van der Waals surface area contributed by atoms with E-state index in [0.29, 0.717) is 13.0 Å². The van der Waals surface area contributed by atoms with Crippen LogP contribution in [-0.2, 0) is 9.53 Å². The molecule has 4 heteroatoms. The predicted octanol–water partition coefficient (Wildman–Crippen LogP) is 1.06. The highest BCUT2D eigenvalue weighted by Gasteiger charge is 2.34. The Kier molecular flexibility index (Phi) is 4.33. The third-order valence-corrected chi connectivity index (χ3v) is 3.70. The molecule has 1 aliphatic heterocycles. The van der Waals surface area contributed by atoms with Crippen molar-refractivity contribution in [2.75, 3.05) is 20.2 Å². The zero-order chi connectivity index (χ0) is 12.2. The zero-order valence-electron chi connectivity index (χ0n) is 10.9. The van der Waals surface area contributed by atoms with Crippen molar-refractivity contribution in [1.82, 2.24) is 10.6 Å². The zero-order valence-corrected chi connectivity index (χ0v) is 10.9. The van der Waals surface area contributed by atoms with Crippen molar-refractivity contribution >= 4 is 5.91 Å². The summed E-state index contributed by atoms with van der Waals surface area (Å²) in [6.07, 6.45) is 2.98. The fraction of sp³-hybridized carbons (Fsp3) is 0.917. The first-order chi connectivity index (χ1) is 7.46. The van der Waals surface area contributed by atoms with Crippen molar-refractivity contribution in [3.63, 3.8) is 0 Å². The van der Waals surface area contributed by atoms with Crippen molar-refractivity contribution in [3.05, 3.63) is 0 Å². The summed E-state index contributed by atoms with van der Waals surface area (Å²) in [5.74, 6) is -0.0209. The van der Waals surface area contributed by atoms with Gasteiger partial charge in [-0.05, 0) is 39.7 Å². The highest BCUT2D eigenvalue weighted by molar-refractivity contribution is 5.84. The van der Waals surface area contributed by atoms with E-state index in [9.17, 15) is 4.79 Å². The second-order valence-corrected chi connectivity index (χ2v) is 5.06. The molecule has 0 aromatic rings. The first-order valence-corrected chi connectivity index (χ1v) is 6.04. The van der Waals surface area contributed by atoms with Crippen LogP contribution in [0.2, 0.25) is 0 Å². The van der Waals surface area contributed by atoms with Crippen LogP contribution >= 0.6 is 0 Å². The Morgan fingerprint density at radius 2 is 2.31 bits per heavy atom. The molecule has 1 aliphatic rings. The summed E-state index contributed by atoms with van der Waals surface area (Å²) in [5.41, 5.74) is -0.646. The lowest BCUT2D eigenvalue weighted by molar-refractivity contribution is -0.142. The predicted molar refractivity (Wildman–Crippen MR) is 64.4 cm³/mol. The van der Waals surface area contributed by atoms with Gasteiger partial charge < -0.3 is 15.4 Å². The van der Waals surface area contributed by atoms with Gasteiger partial charge in [0.05, 0.1) is 0 Å². The maximum atomic E-state index is 12.0. The van der Waals surface area contributed by atoms with Crippen LogP contribution in [0.4, 0.5) is 0 Å². The average Bonchev–Trinajstić information content (AvgIpc) is 2.72. The maximum Gasteiger partial charge on any atom is 0.252 e. The minimum atomic E-state index is -0.699. The van der Waals surface area contributed by atoms with Crippen molar-refractivity contribution < 1.29 is 9.53 Å². The second kappa shape index (κ2) is 5.15. The van der Waals surface area contributed by atoms with E-state index in [1.54, 1.807) is 7.11 Å². The molecule has 4 nitrogen and oxygen atoms in total. The van der Waals surface area contributed by atoms with E-state index in [1.807, 2.05) is 13.8 Å². The highest BCUT2D eigenvalue weighted by Crippen LogP contribution is 2.18. The first-order valence-electron chi connectivity index (χ1n) is 6.04. The average molecular weight is 228 g/mol. The van der Waals surface area contributed by atoms with Gasteiger partial charge in [-0.25, -0.2) is 0 Å². The van der Waals surface area contributed by atoms with E-state index >= 15 is 0 Å². The Morgan fingerprint density at radius 3 is 2.75 bits per heavy atom. The van der Waals surface area contributed by atoms with Gasteiger partial charge in [0.15, 0.2) is 0 Å². The number of ether oxygens (including phenoxy) is 1. The summed E-state index contributed by atoms with van der Waals surface area (Å²) in [4.78, 5) is 12.0. The Bertz CT molecular complexity index is 243. The molecule has 1 heterocycles. The number of amides is 1. The molecule has 0 aliphatic carbocycles. The van der Waals surface area contributed by atoms with Gasteiger partial charge in [-0.3, -0.25) is 4.79 Å². The number of nitrogens with one attached hydrogen (secondary N) is 2. The Morgan fingerprint density at radius 1 is 1.62 bits per heavy atom. The Labute approximate surface area is 98.1 Å². The summed E-state index contributed by atoms with van der Waals surface area (Å²) in [6.45, 7) is 7.65. The van der Waals surface area contributed by atoms with Crippen molar-refractivity contribution in [1.29, 1.82) is 0 Å². The molecule has 1 fully saturated rings. The van der Waals surface area contributed by atoms with Crippen LogP contribution in [0, 0.1) is 0 Å². The quantitative estimate of drug-likeness (QED) is 0.740. The van der Waals surface area contributed by atoms with Gasteiger partial charge in [-0.1, -0.05) is 6.92 Å². The van der Waals surface area contributed by atoms with Gasteiger partial charge in [0.25, 0.3) is 5.91 Å². The molecule has 0 aromatic heterocycles. The molecule has 2 unspecified atom stereocenters. The number of hydrogen-bond donors (Lipinski definition) is 2. The number of carbonyl (C=O) groups is 1. The lowest BCUT2D eigenvalue weighted by Gasteiger charge is -2.29. The van der Waals surface area contributed by atoms with E-state index in [-0.39, 0.29) is 11.4 Å². The minimum Gasteiger partial charge on any atom is -0.369 e. The molecule has 94 valence electrons. The lowest BCUT2D eigenvalue weighted by atomic mass is 9.98. The van der Waals surface area contributed by atoms with E-state index in [1.165, 1.54) is 6.42 Å². The molecule has 2 N–H and O–H groups in total. The molecule has 0 saturated carbocycles. The number of carbonyl (C=O) groups excluding carboxylic acids is 1. The van der Waals surface area contributed by atoms with Gasteiger partial charge >= 0.3 is 0 Å². The molecule has 0 spiro atoms. The van der Waals surface area contributed by atoms with Crippen LogP contribution < -0.4 is 10.6 Å². The fourth-order valence-corrected chi connectivity index (χ4v) is 1.97. The smallest absolute Gasteiger partial charge is 0.252 e. The van der Waals surface area contributed by atoms with Crippen LogP contribution in [0.1, 0.15) is 40.0 Å². The molecule has 0 aromatic carbocycles. The minimum absolute atomic E-state index is 0.0209. The third kappa shape index (κ3) is 2.95. The molecular weight excluding hydrogens is 204 g/mol. The molecule has 1 amide bonds. The molecule has 16 heavy (non-hydrogen) atoms. The molecule has 0 bridgehead atoms. The topological polar surface area (TPSA) is 50.4 Å². The first kappa shape index (κ1) is 13.5. The molecular formula is C12H24N2O2. The molecule has 0 radical (unpaired) electrons. The van der Waals surface area contributed by atoms with Gasteiger partial charge in [0, 0.05) is 19.2 Å². The monoisotopic (exact) mass is 228 g/mol. The SMILES string of the molecule is CCC(C)(OC)C(=O)NCC1(C)CCCN1. The second-order valence-electron chi connectivity index (χ2n) is 5.06. The van der Waals surface area contributed by atoms with E-state index in [0.717, 1.165) is 13.0 Å². The third-order valence-electron chi connectivity index (χ3n) is 3.70. The van der Waals surface area contributed by atoms with Crippen LogP contribution in [0.25, 0.3) is 0 Å². The van der Waals surface area contributed by atoms with Gasteiger partial charge in [-0.2, -0.15) is 0 Å². The summed E-state index contributed by atoms with van der Waals surface area (Å²) >= 11 is 0. The van der Waals surface area contributed by atoms with Crippen LogP contribution in [0.5, 0.6) is 0 Å². The van der Waals surface area contributed by atoms with Gasteiger partial charge in [-0.15, -0.1) is 0 Å². The largest absolute Gasteiger partial charge is 0.369 e. The van der Waals surface area contributed by atoms with Crippen LogP contribution in [0.15, 0.2) is 0 Å². The Hall–Kier alpha value is -0.610. The van der Waals surface area contributed by atoms with Crippen LogP contribution in [-0.4, -0.2) is 37.2 Å². The van der Waals surface area contributed by atoms with Crippen molar-refractivity contribution in [2.45, 2.75) is 51.2 Å². The number of hydrogen-bond acceptors (Lipinski definition) is 3. The molecule has 1 saturated heterocycles. The number of rotatable bonds is 5. The van der Waals surface area contributed by atoms with E-state index < -0.39 is 5.60 Å². The van der Waals surface area contributed by atoms with Crippen molar-refractivity contribution in [3.8, 4) is 0 Å². The van der Waals surface area contributed by atoms with Gasteiger partial charge in [0.1, 0.15) is 5.60 Å². The summed E-state index contributed by atoms with van der Waals surface area (Å²) in [6, 6.07) is 0. The molecule has 1 rings (SSSR count). The van der Waals surface area contributed by atoms with Crippen molar-refractivity contribution in [2.24, 2.45) is 0 Å². The normalized spacial score (nSPS) is 28.8. The highest BCUT2D eigenvalue weighted by atomic mass is 16.5. The maximum absolute atomic E-state index is 12.0. The standard InChI is InChI=1S/C12H24N2O2/c1-5-12(3,16-4)10(15)13-9-11(2)7-6-8-14-11/h14H,5-9H2,1-4H3,(H,13,15). The summed E-state index contributed by atoms with van der Waals surface area (Å²) in [7, 11) is 1.58. The summed E-state index contributed by atoms with van der Waals surface area (Å²) in [5, 5.41) is 6.40. The number of methoxy groups -OCH3 is 1. The fourth-order valence-electron chi connectivity index (χ4n) is 1.97. The van der Waals surface area contributed by atoms with E-state index in [2.05, 4.69) is 17.6 Å². The molecule has 2 atom stereocenters. The lowest BCUT2D eigenvalue weighted by Crippen LogP contribution is -2.53. The van der Waals surface area contributed by atoms with E-state index in [4.69, 9.17) is 4.74 Å².